The predicted octanol–water partition coefficient (Wildman–Crippen LogP) is 1.10. The van der Waals surface area contributed by atoms with Gasteiger partial charge in [-0.25, -0.2) is 0 Å². The van der Waals surface area contributed by atoms with Crippen LogP contribution >= 0.6 is 0 Å². The van der Waals surface area contributed by atoms with Gasteiger partial charge in [0.25, 0.3) is 0 Å². The highest BCUT2D eigenvalue weighted by Gasteiger charge is 2.14. The number of aliphatic carboxylic acids is 1. The van der Waals surface area contributed by atoms with Crippen LogP contribution < -0.4 is 5.32 Å². The fraction of sp³-hybridized carbons (Fsp3) is 0.875. The van der Waals surface area contributed by atoms with Gasteiger partial charge in [-0.3, -0.25) is 4.79 Å². The quantitative estimate of drug-likeness (QED) is 0.610. The van der Waals surface area contributed by atoms with E-state index < -0.39 is 5.97 Å². The van der Waals surface area contributed by atoms with Crippen LogP contribution in [0, 0.1) is 5.92 Å². The number of carbonyl (C=O) groups is 1. The highest BCUT2D eigenvalue weighted by atomic mass is 16.4. The van der Waals surface area contributed by atoms with Gasteiger partial charge in [0.2, 0.25) is 0 Å². The minimum Gasteiger partial charge on any atom is -0.481 e. The lowest BCUT2D eigenvalue weighted by molar-refractivity contribution is -0.141. The molecule has 0 saturated heterocycles. The highest BCUT2D eigenvalue weighted by molar-refractivity contribution is 5.70. The number of hydrogen-bond acceptors (Lipinski definition) is 2. The minimum atomic E-state index is -0.687. The molecule has 0 saturated carbocycles. The molecule has 0 radical (unpaired) electrons. The molecule has 0 aromatic carbocycles. The molecule has 1 atom stereocenters. The first-order valence-electron chi connectivity index (χ1n) is 4.09. The molecular weight excluding hydrogens is 142 g/mol. The monoisotopic (exact) mass is 159 g/mol. The van der Waals surface area contributed by atoms with Crippen molar-refractivity contribution in [2.24, 2.45) is 5.92 Å². The second kappa shape index (κ2) is 6.16. The molecular formula is C8H17NO2. The van der Waals surface area contributed by atoms with Crippen molar-refractivity contribution in [3.63, 3.8) is 0 Å². The standard InChI is InChI=1S/C8H17NO2/c1-3-4-5-7(6-9-2)8(10)11/h7,9H,3-6H2,1-2H3,(H,10,11)/t7-/m1/s1. The van der Waals surface area contributed by atoms with E-state index in [1.165, 1.54) is 0 Å². The van der Waals surface area contributed by atoms with Crippen molar-refractivity contribution in [2.45, 2.75) is 26.2 Å². The number of unbranched alkanes of at least 4 members (excludes halogenated alkanes) is 1. The summed E-state index contributed by atoms with van der Waals surface area (Å²) in [6.07, 6.45) is 2.85. The second-order valence-electron chi connectivity index (χ2n) is 2.74. The zero-order valence-electron chi connectivity index (χ0n) is 7.26. The molecule has 0 aliphatic heterocycles. The Morgan fingerprint density at radius 1 is 1.64 bits per heavy atom. The van der Waals surface area contributed by atoms with Crippen LogP contribution in [0.4, 0.5) is 0 Å². The fourth-order valence-electron chi connectivity index (χ4n) is 1.01. The molecule has 3 nitrogen and oxygen atoms in total. The average Bonchev–Trinajstić information content (AvgIpc) is 1.97. The third-order valence-corrected chi connectivity index (χ3v) is 1.71. The molecule has 11 heavy (non-hydrogen) atoms. The van der Waals surface area contributed by atoms with Crippen molar-refractivity contribution >= 4 is 5.97 Å². The molecule has 0 aliphatic carbocycles. The van der Waals surface area contributed by atoms with Gasteiger partial charge in [0, 0.05) is 6.54 Å². The summed E-state index contributed by atoms with van der Waals surface area (Å²) in [6, 6.07) is 0. The molecule has 0 heterocycles. The Morgan fingerprint density at radius 2 is 2.27 bits per heavy atom. The van der Waals surface area contributed by atoms with Gasteiger partial charge in [0.1, 0.15) is 0 Å². The van der Waals surface area contributed by atoms with Crippen molar-refractivity contribution < 1.29 is 9.90 Å². The smallest absolute Gasteiger partial charge is 0.307 e. The summed E-state index contributed by atoms with van der Waals surface area (Å²) >= 11 is 0. The van der Waals surface area contributed by atoms with E-state index in [0.29, 0.717) is 6.54 Å². The van der Waals surface area contributed by atoms with Gasteiger partial charge in [-0.05, 0) is 13.5 Å². The van der Waals surface area contributed by atoms with E-state index in [-0.39, 0.29) is 5.92 Å². The number of carboxylic acids is 1. The lowest BCUT2D eigenvalue weighted by Gasteiger charge is -2.09. The Bertz CT molecular complexity index is 115. The lowest BCUT2D eigenvalue weighted by Crippen LogP contribution is -2.25. The van der Waals surface area contributed by atoms with Crippen LogP contribution in [0.15, 0.2) is 0 Å². The molecule has 0 unspecified atom stereocenters. The Labute approximate surface area is 67.8 Å². The van der Waals surface area contributed by atoms with Gasteiger partial charge in [-0.2, -0.15) is 0 Å². The van der Waals surface area contributed by atoms with Crippen molar-refractivity contribution in [1.29, 1.82) is 0 Å². The molecule has 0 rings (SSSR count). The molecule has 0 fully saturated rings. The lowest BCUT2D eigenvalue weighted by atomic mass is 10.0. The van der Waals surface area contributed by atoms with Crippen LogP contribution in [0.3, 0.4) is 0 Å². The van der Waals surface area contributed by atoms with E-state index >= 15 is 0 Å². The van der Waals surface area contributed by atoms with E-state index in [1.54, 1.807) is 7.05 Å². The maximum atomic E-state index is 10.6. The maximum Gasteiger partial charge on any atom is 0.307 e. The fourth-order valence-corrected chi connectivity index (χ4v) is 1.01. The van der Waals surface area contributed by atoms with Crippen molar-refractivity contribution in [3.8, 4) is 0 Å². The molecule has 0 aromatic rings. The average molecular weight is 159 g/mol. The summed E-state index contributed by atoms with van der Waals surface area (Å²) in [6.45, 7) is 2.65. The summed E-state index contributed by atoms with van der Waals surface area (Å²) in [5.41, 5.74) is 0. The molecule has 0 aliphatic rings. The summed E-state index contributed by atoms with van der Waals surface area (Å²) in [5.74, 6) is -0.896. The number of rotatable bonds is 6. The molecule has 0 bridgehead atoms. The SMILES string of the molecule is CCCC[C@H](CNC)C(=O)O. The first-order valence-corrected chi connectivity index (χ1v) is 4.09. The summed E-state index contributed by atoms with van der Waals surface area (Å²) < 4.78 is 0. The van der Waals surface area contributed by atoms with Gasteiger partial charge in [-0.1, -0.05) is 19.8 Å². The third-order valence-electron chi connectivity index (χ3n) is 1.71. The van der Waals surface area contributed by atoms with Crippen LogP contribution in [-0.2, 0) is 4.79 Å². The number of hydrogen-bond donors (Lipinski definition) is 2. The van der Waals surface area contributed by atoms with Crippen LogP contribution in [0.2, 0.25) is 0 Å². The van der Waals surface area contributed by atoms with Crippen LogP contribution in [0.25, 0.3) is 0 Å². The van der Waals surface area contributed by atoms with E-state index in [0.717, 1.165) is 19.3 Å². The van der Waals surface area contributed by atoms with Gasteiger partial charge in [0.05, 0.1) is 5.92 Å². The Morgan fingerprint density at radius 3 is 2.64 bits per heavy atom. The van der Waals surface area contributed by atoms with E-state index in [1.807, 2.05) is 0 Å². The van der Waals surface area contributed by atoms with Crippen molar-refractivity contribution in [2.75, 3.05) is 13.6 Å². The van der Waals surface area contributed by atoms with Crippen LogP contribution in [-0.4, -0.2) is 24.7 Å². The molecule has 2 N–H and O–H groups in total. The number of nitrogens with one attached hydrogen (secondary N) is 1. The van der Waals surface area contributed by atoms with Gasteiger partial charge in [0.15, 0.2) is 0 Å². The number of carboxylic acid groups (broad SMARTS) is 1. The zero-order chi connectivity index (χ0) is 8.69. The van der Waals surface area contributed by atoms with Gasteiger partial charge >= 0.3 is 5.97 Å². The summed E-state index contributed by atoms with van der Waals surface area (Å²) in [7, 11) is 1.78. The molecule has 0 spiro atoms. The normalized spacial score (nSPS) is 12.9. The first-order chi connectivity index (χ1) is 5.22. The zero-order valence-corrected chi connectivity index (χ0v) is 7.26. The molecule has 0 amide bonds. The van der Waals surface area contributed by atoms with Crippen molar-refractivity contribution in [1.82, 2.24) is 5.32 Å². The van der Waals surface area contributed by atoms with Gasteiger partial charge in [-0.15, -0.1) is 0 Å². The predicted molar refractivity (Wildman–Crippen MR) is 44.6 cm³/mol. The largest absolute Gasteiger partial charge is 0.481 e. The van der Waals surface area contributed by atoms with E-state index in [4.69, 9.17) is 5.11 Å². The van der Waals surface area contributed by atoms with E-state index in [9.17, 15) is 4.79 Å². The first kappa shape index (κ1) is 10.4. The Hall–Kier alpha value is -0.570. The minimum absolute atomic E-state index is 0.208. The third kappa shape index (κ3) is 4.79. The van der Waals surface area contributed by atoms with Crippen LogP contribution in [0.1, 0.15) is 26.2 Å². The van der Waals surface area contributed by atoms with Gasteiger partial charge < -0.3 is 10.4 Å². The van der Waals surface area contributed by atoms with E-state index in [2.05, 4.69) is 12.2 Å². The Kier molecular flexibility index (Phi) is 5.84. The molecule has 66 valence electrons. The maximum absolute atomic E-state index is 10.6. The summed E-state index contributed by atoms with van der Waals surface area (Å²) in [4.78, 5) is 10.6. The Balaban J connectivity index is 3.60. The van der Waals surface area contributed by atoms with Crippen molar-refractivity contribution in [3.05, 3.63) is 0 Å². The van der Waals surface area contributed by atoms with Crippen LogP contribution in [0.5, 0.6) is 0 Å². The summed E-state index contributed by atoms with van der Waals surface area (Å²) in [5, 5.41) is 11.6. The highest BCUT2D eigenvalue weighted by Crippen LogP contribution is 2.07. The topological polar surface area (TPSA) is 49.3 Å². The second-order valence-corrected chi connectivity index (χ2v) is 2.74. The molecule has 0 aromatic heterocycles. The molecule has 3 heteroatoms.